The Bertz CT molecular complexity index is 564. The van der Waals surface area contributed by atoms with Gasteiger partial charge in [-0.05, 0) is 26.7 Å². The molecule has 0 bridgehead atoms. The van der Waals surface area contributed by atoms with Crippen LogP contribution >= 0.6 is 0 Å². The molecule has 1 aliphatic heterocycles. The van der Waals surface area contributed by atoms with Gasteiger partial charge in [0, 0.05) is 13.5 Å². The fourth-order valence-electron chi connectivity index (χ4n) is 2.56. The van der Waals surface area contributed by atoms with Crippen LogP contribution in [0, 0.1) is 0 Å². The largest absolute Gasteiger partial charge is 0.480 e. The Hall–Kier alpha value is -2.65. The van der Waals surface area contributed by atoms with Crippen LogP contribution in [0.1, 0.15) is 33.6 Å². The van der Waals surface area contributed by atoms with E-state index in [1.807, 2.05) is 0 Å². The van der Waals surface area contributed by atoms with Gasteiger partial charge in [-0.2, -0.15) is 0 Å². The summed E-state index contributed by atoms with van der Waals surface area (Å²) in [7, 11) is 0. The molecule has 10 heteroatoms. The van der Waals surface area contributed by atoms with Crippen molar-refractivity contribution in [2.24, 2.45) is 0 Å². The first-order valence-electron chi connectivity index (χ1n) is 8.01. The molecule has 1 rings (SSSR count). The summed E-state index contributed by atoms with van der Waals surface area (Å²) in [6, 6.07) is -2.52. The number of carbonyl (C=O) groups excluding carboxylic acids is 4. The lowest BCUT2D eigenvalue weighted by Gasteiger charge is -2.27. The van der Waals surface area contributed by atoms with Gasteiger partial charge in [0.05, 0.1) is 6.54 Å². The highest BCUT2D eigenvalue weighted by Gasteiger charge is 2.36. The van der Waals surface area contributed by atoms with E-state index in [9.17, 15) is 24.0 Å². The van der Waals surface area contributed by atoms with E-state index in [0.29, 0.717) is 19.4 Å². The summed E-state index contributed by atoms with van der Waals surface area (Å²) in [6.07, 6.45) is 1.09. The quantitative estimate of drug-likeness (QED) is 0.424. The SMILES string of the molecule is CC(=O)NC(C)C(=O)N1CCCC1C(=O)NCC(=O)NC(C)C(=O)O. The lowest BCUT2D eigenvalue weighted by atomic mass is 10.2. The first-order valence-corrected chi connectivity index (χ1v) is 8.01. The van der Waals surface area contributed by atoms with Gasteiger partial charge in [-0.1, -0.05) is 0 Å². The van der Waals surface area contributed by atoms with Crippen molar-refractivity contribution < 1.29 is 29.1 Å². The van der Waals surface area contributed by atoms with Crippen LogP contribution in [-0.2, 0) is 24.0 Å². The van der Waals surface area contributed by atoms with Gasteiger partial charge in [-0.15, -0.1) is 0 Å². The molecule has 4 N–H and O–H groups in total. The van der Waals surface area contributed by atoms with Crippen LogP contribution in [0.2, 0.25) is 0 Å². The van der Waals surface area contributed by atoms with Crippen LogP contribution in [0.3, 0.4) is 0 Å². The van der Waals surface area contributed by atoms with Crippen LogP contribution in [-0.4, -0.2) is 70.8 Å². The molecule has 0 aromatic rings. The predicted octanol–water partition coefficient (Wildman–Crippen LogP) is -1.79. The number of carboxylic acids is 1. The van der Waals surface area contributed by atoms with Crippen LogP contribution in [0.4, 0.5) is 0 Å². The van der Waals surface area contributed by atoms with Crippen molar-refractivity contribution in [3.8, 4) is 0 Å². The molecule has 1 saturated heterocycles. The molecule has 25 heavy (non-hydrogen) atoms. The second-order valence-electron chi connectivity index (χ2n) is 5.96. The minimum atomic E-state index is -1.18. The number of rotatable bonds is 7. The first-order chi connectivity index (χ1) is 11.6. The molecule has 0 radical (unpaired) electrons. The smallest absolute Gasteiger partial charge is 0.325 e. The summed E-state index contributed by atoms with van der Waals surface area (Å²) >= 11 is 0. The third kappa shape index (κ3) is 6.05. The highest BCUT2D eigenvalue weighted by molar-refractivity contribution is 5.93. The molecular formula is C15H24N4O6. The zero-order chi connectivity index (χ0) is 19.1. The van der Waals surface area contributed by atoms with Gasteiger partial charge in [0.15, 0.2) is 0 Å². The fourth-order valence-corrected chi connectivity index (χ4v) is 2.56. The highest BCUT2D eigenvalue weighted by atomic mass is 16.4. The number of nitrogens with zero attached hydrogens (tertiary/aromatic N) is 1. The number of carbonyl (C=O) groups is 5. The normalized spacial score (nSPS) is 18.8. The number of hydrogen-bond acceptors (Lipinski definition) is 5. The van der Waals surface area contributed by atoms with Gasteiger partial charge >= 0.3 is 5.97 Å². The Labute approximate surface area is 145 Å². The molecule has 140 valence electrons. The predicted molar refractivity (Wildman–Crippen MR) is 86.3 cm³/mol. The van der Waals surface area contributed by atoms with Crippen LogP contribution < -0.4 is 16.0 Å². The molecule has 0 aliphatic carbocycles. The molecule has 1 fully saturated rings. The summed E-state index contributed by atoms with van der Waals surface area (Å²) in [4.78, 5) is 59.3. The molecule has 0 saturated carbocycles. The summed E-state index contributed by atoms with van der Waals surface area (Å²) in [5, 5.41) is 15.8. The lowest BCUT2D eigenvalue weighted by molar-refractivity contribution is -0.142. The van der Waals surface area contributed by atoms with Gasteiger partial charge in [-0.3, -0.25) is 24.0 Å². The second-order valence-corrected chi connectivity index (χ2v) is 5.96. The number of carboxylic acid groups (broad SMARTS) is 1. The summed E-state index contributed by atoms with van der Waals surface area (Å²) < 4.78 is 0. The number of nitrogens with one attached hydrogen (secondary N) is 3. The summed E-state index contributed by atoms with van der Waals surface area (Å²) in [5.74, 6) is -3.01. The number of amides is 4. The van der Waals surface area contributed by atoms with Gasteiger partial charge in [-0.25, -0.2) is 0 Å². The van der Waals surface area contributed by atoms with Gasteiger partial charge in [0.2, 0.25) is 23.6 Å². The Kier molecular flexibility index (Phi) is 7.34. The molecule has 3 unspecified atom stereocenters. The maximum Gasteiger partial charge on any atom is 0.325 e. The van der Waals surface area contributed by atoms with E-state index < -0.39 is 35.9 Å². The molecular weight excluding hydrogens is 332 g/mol. The van der Waals surface area contributed by atoms with Crippen molar-refractivity contribution >= 4 is 29.6 Å². The van der Waals surface area contributed by atoms with E-state index in [4.69, 9.17) is 5.11 Å². The Morgan fingerprint density at radius 3 is 2.32 bits per heavy atom. The van der Waals surface area contributed by atoms with Crippen molar-refractivity contribution in [3.63, 3.8) is 0 Å². The van der Waals surface area contributed by atoms with Crippen molar-refractivity contribution in [2.45, 2.75) is 51.7 Å². The third-order valence-corrected chi connectivity index (χ3v) is 3.80. The van der Waals surface area contributed by atoms with Gasteiger partial charge in [0.25, 0.3) is 0 Å². The zero-order valence-electron chi connectivity index (χ0n) is 14.5. The molecule has 1 aliphatic rings. The molecule has 1 heterocycles. The average Bonchev–Trinajstić information content (AvgIpc) is 3.00. The molecule has 0 spiro atoms. The summed E-state index contributed by atoms with van der Waals surface area (Å²) in [5.41, 5.74) is 0. The second kappa shape index (κ2) is 9.00. The van der Waals surface area contributed by atoms with Gasteiger partial charge < -0.3 is 26.0 Å². The third-order valence-electron chi connectivity index (χ3n) is 3.80. The van der Waals surface area contributed by atoms with Crippen molar-refractivity contribution in [1.82, 2.24) is 20.9 Å². The maximum atomic E-state index is 12.3. The summed E-state index contributed by atoms with van der Waals surface area (Å²) in [6.45, 7) is 4.16. The Morgan fingerprint density at radius 1 is 1.12 bits per heavy atom. The standard InChI is InChI=1S/C15H24N4O6/c1-8(17-10(3)20)14(23)19-6-4-5-11(19)13(22)16-7-12(21)18-9(2)15(24)25/h8-9,11H,4-7H2,1-3H3,(H,16,22)(H,17,20)(H,18,21)(H,24,25). The highest BCUT2D eigenvalue weighted by Crippen LogP contribution is 2.18. The first kappa shape index (κ1) is 20.4. The monoisotopic (exact) mass is 356 g/mol. The van der Waals surface area contributed by atoms with Gasteiger partial charge in [0.1, 0.15) is 18.1 Å². The van der Waals surface area contributed by atoms with E-state index in [-0.39, 0.29) is 18.4 Å². The number of aliphatic carboxylic acids is 1. The minimum Gasteiger partial charge on any atom is -0.480 e. The average molecular weight is 356 g/mol. The molecule has 0 aromatic carbocycles. The van der Waals surface area contributed by atoms with Crippen LogP contribution in [0.5, 0.6) is 0 Å². The Morgan fingerprint density at radius 2 is 1.76 bits per heavy atom. The molecule has 0 aromatic heterocycles. The van der Waals surface area contributed by atoms with E-state index in [1.54, 1.807) is 0 Å². The van der Waals surface area contributed by atoms with Crippen LogP contribution in [0.25, 0.3) is 0 Å². The minimum absolute atomic E-state index is 0.342. The lowest BCUT2D eigenvalue weighted by Crippen LogP contribution is -2.53. The topological polar surface area (TPSA) is 145 Å². The molecule has 10 nitrogen and oxygen atoms in total. The van der Waals surface area contributed by atoms with E-state index in [0.717, 1.165) is 0 Å². The Balaban J connectivity index is 2.56. The van der Waals surface area contributed by atoms with Crippen molar-refractivity contribution in [1.29, 1.82) is 0 Å². The fraction of sp³-hybridized carbons (Fsp3) is 0.667. The van der Waals surface area contributed by atoms with Crippen LogP contribution in [0.15, 0.2) is 0 Å². The van der Waals surface area contributed by atoms with Crippen molar-refractivity contribution in [3.05, 3.63) is 0 Å². The number of hydrogen-bond donors (Lipinski definition) is 4. The van der Waals surface area contributed by atoms with E-state index in [2.05, 4.69) is 16.0 Å². The van der Waals surface area contributed by atoms with Crippen molar-refractivity contribution in [2.75, 3.05) is 13.1 Å². The van der Waals surface area contributed by atoms with E-state index >= 15 is 0 Å². The maximum absolute atomic E-state index is 12.3. The number of likely N-dealkylation sites (tertiary alicyclic amines) is 1. The molecule has 4 amide bonds. The zero-order valence-corrected chi connectivity index (χ0v) is 14.5. The molecule has 3 atom stereocenters. The van der Waals surface area contributed by atoms with E-state index in [1.165, 1.54) is 25.7 Å².